The molecule has 0 saturated carbocycles. The Balaban J connectivity index is 2.86. The second kappa shape index (κ2) is 6.64. The average Bonchev–Trinajstić information content (AvgIpc) is 2.28. The van der Waals surface area contributed by atoms with Gasteiger partial charge >= 0.3 is 5.97 Å². The van der Waals surface area contributed by atoms with Gasteiger partial charge in [0.2, 0.25) is 0 Å². The summed E-state index contributed by atoms with van der Waals surface area (Å²) in [7, 11) is 0. The van der Waals surface area contributed by atoms with Crippen molar-refractivity contribution in [3.8, 4) is 5.75 Å². The Kier molecular flexibility index (Phi) is 5.47. The fourth-order valence-electron chi connectivity index (χ4n) is 1.16. The highest BCUT2D eigenvalue weighted by Gasteiger charge is 2.10. The molecular weight excluding hydrogens is 331 g/mol. The first-order valence-electron chi connectivity index (χ1n) is 5.28. The molecule has 1 aromatic rings. The summed E-state index contributed by atoms with van der Waals surface area (Å²) in [6.07, 6.45) is 0. The number of rotatable bonds is 5. The first kappa shape index (κ1) is 14.0. The largest absolute Gasteiger partial charge is 0.488 e. The van der Waals surface area contributed by atoms with Crippen molar-refractivity contribution in [2.24, 2.45) is 0 Å². The van der Waals surface area contributed by atoms with Gasteiger partial charge in [-0.25, -0.2) is 4.79 Å². The molecule has 4 heteroatoms. The van der Waals surface area contributed by atoms with Gasteiger partial charge in [-0.3, -0.25) is 0 Å². The molecule has 0 unspecified atom stereocenters. The smallest absolute Gasteiger partial charge is 0.338 e. The number of carbonyl (C=O) groups is 1. The summed E-state index contributed by atoms with van der Waals surface area (Å²) < 4.78 is 11.4. The van der Waals surface area contributed by atoms with Crippen LogP contribution in [0.3, 0.4) is 0 Å². The summed E-state index contributed by atoms with van der Waals surface area (Å²) in [5.41, 5.74) is 1.44. The third-order valence-corrected chi connectivity index (χ3v) is 2.81. The molecule has 3 nitrogen and oxygen atoms in total. The lowest BCUT2D eigenvalue weighted by Gasteiger charge is -2.09. The molecule has 92 valence electrons. The molecule has 17 heavy (non-hydrogen) atoms. The average molecular weight is 346 g/mol. The van der Waals surface area contributed by atoms with Crippen LogP contribution in [-0.4, -0.2) is 19.2 Å². The Morgan fingerprint density at radius 2 is 2.18 bits per heavy atom. The lowest BCUT2D eigenvalue weighted by Crippen LogP contribution is -2.06. The summed E-state index contributed by atoms with van der Waals surface area (Å²) in [5.74, 6) is 0.350. The molecule has 0 radical (unpaired) electrons. The van der Waals surface area contributed by atoms with E-state index in [0.717, 1.165) is 9.14 Å². The van der Waals surface area contributed by atoms with Crippen molar-refractivity contribution < 1.29 is 14.3 Å². The van der Waals surface area contributed by atoms with Gasteiger partial charge in [-0.2, -0.15) is 0 Å². The maximum atomic E-state index is 11.5. The Bertz CT molecular complexity index is 427. The molecule has 0 aromatic heterocycles. The summed E-state index contributed by atoms with van der Waals surface area (Å²) in [6, 6.07) is 5.26. The zero-order chi connectivity index (χ0) is 12.8. The number of esters is 1. The van der Waals surface area contributed by atoms with E-state index in [1.807, 2.05) is 13.0 Å². The van der Waals surface area contributed by atoms with Crippen molar-refractivity contribution in [3.05, 3.63) is 39.5 Å². The number of halogens is 1. The van der Waals surface area contributed by atoms with E-state index in [1.54, 1.807) is 19.1 Å². The highest BCUT2D eigenvalue weighted by atomic mass is 127. The molecule has 0 aliphatic rings. The summed E-state index contributed by atoms with van der Waals surface area (Å²) in [4.78, 5) is 11.5. The normalized spacial score (nSPS) is 9.82. The minimum absolute atomic E-state index is 0.330. The van der Waals surface area contributed by atoms with E-state index in [-0.39, 0.29) is 5.97 Å². The molecule has 0 heterocycles. The standard InChI is InChI=1S/C13H15IO3/c1-4-16-13(15)10-5-6-11(14)12(7-10)17-8-9(2)3/h5-7H,2,4,8H2,1,3H3. The molecule has 0 amide bonds. The zero-order valence-corrected chi connectivity index (χ0v) is 12.1. The minimum atomic E-state index is -0.330. The molecule has 0 saturated heterocycles. The molecule has 0 aliphatic heterocycles. The van der Waals surface area contributed by atoms with E-state index in [2.05, 4.69) is 29.2 Å². The van der Waals surface area contributed by atoms with E-state index in [4.69, 9.17) is 9.47 Å². The van der Waals surface area contributed by atoms with Crippen LogP contribution in [-0.2, 0) is 4.74 Å². The van der Waals surface area contributed by atoms with E-state index in [0.29, 0.717) is 24.5 Å². The van der Waals surface area contributed by atoms with Crippen LogP contribution < -0.4 is 4.74 Å². The minimum Gasteiger partial charge on any atom is -0.488 e. The lowest BCUT2D eigenvalue weighted by atomic mass is 10.2. The Labute approximate surface area is 115 Å². The van der Waals surface area contributed by atoms with Gasteiger partial charge < -0.3 is 9.47 Å². The van der Waals surface area contributed by atoms with Crippen LogP contribution in [0.15, 0.2) is 30.4 Å². The van der Waals surface area contributed by atoms with Crippen LogP contribution in [0.4, 0.5) is 0 Å². The van der Waals surface area contributed by atoms with E-state index < -0.39 is 0 Å². The molecule has 0 N–H and O–H groups in total. The highest BCUT2D eigenvalue weighted by molar-refractivity contribution is 14.1. The summed E-state index contributed by atoms with van der Waals surface area (Å²) in [6.45, 7) is 8.25. The topological polar surface area (TPSA) is 35.5 Å². The summed E-state index contributed by atoms with van der Waals surface area (Å²) >= 11 is 2.16. The Morgan fingerprint density at radius 3 is 2.76 bits per heavy atom. The molecule has 1 aromatic carbocycles. The van der Waals surface area contributed by atoms with Crippen LogP contribution in [0.5, 0.6) is 5.75 Å². The molecule has 0 spiro atoms. The maximum Gasteiger partial charge on any atom is 0.338 e. The van der Waals surface area contributed by atoms with Crippen LogP contribution in [0.25, 0.3) is 0 Å². The Morgan fingerprint density at radius 1 is 1.47 bits per heavy atom. The van der Waals surface area contributed by atoms with Gasteiger partial charge in [0.1, 0.15) is 12.4 Å². The molecule has 0 fully saturated rings. The zero-order valence-electron chi connectivity index (χ0n) is 9.96. The fraction of sp³-hybridized carbons (Fsp3) is 0.308. The van der Waals surface area contributed by atoms with Gasteiger partial charge in [-0.05, 0) is 60.2 Å². The van der Waals surface area contributed by atoms with E-state index in [9.17, 15) is 4.79 Å². The van der Waals surface area contributed by atoms with Crippen LogP contribution in [0.2, 0.25) is 0 Å². The molecule has 0 atom stereocenters. The van der Waals surface area contributed by atoms with Gasteiger partial charge in [0, 0.05) is 0 Å². The number of hydrogen-bond donors (Lipinski definition) is 0. The van der Waals surface area contributed by atoms with Crippen LogP contribution >= 0.6 is 22.6 Å². The van der Waals surface area contributed by atoms with Crippen molar-refractivity contribution in [2.75, 3.05) is 13.2 Å². The SMILES string of the molecule is C=C(C)COc1cc(C(=O)OCC)ccc1I. The third-order valence-electron chi connectivity index (χ3n) is 1.92. The maximum absolute atomic E-state index is 11.5. The van der Waals surface area contributed by atoms with Gasteiger partial charge in [-0.1, -0.05) is 6.58 Å². The molecular formula is C13H15IO3. The van der Waals surface area contributed by atoms with Crippen molar-refractivity contribution in [1.29, 1.82) is 0 Å². The molecule has 0 bridgehead atoms. The highest BCUT2D eigenvalue weighted by Crippen LogP contribution is 2.23. The number of hydrogen-bond acceptors (Lipinski definition) is 3. The van der Waals surface area contributed by atoms with Gasteiger partial charge in [0.05, 0.1) is 15.7 Å². The van der Waals surface area contributed by atoms with Gasteiger partial charge in [-0.15, -0.1) is 0 Å². The number of benzene rings is 1. The third kappa shape index (κ3) is 4.38. The van der Waals surface area contributed by atoms with Crippen molar-refractivity contribution in [1.82, 2.24) is 0 Å². The number of ether oxygens (including phenoxy) is 2. The second-order valence-electron chi connectivity index (χ2n) is 3.61. The molecule has 1 rings (SSSR count). The van der Waals surface area contributed by atoms with Gasteiger partial charge in [0.15, 0.2) is 0 Å². The monoisotopic (exact) mass is 346 g/mol. The first-order valence-corrected chi connectivity index (χ1v) is 6.36. The van der Waals surface area contributed by atoms with Crippen molar-refractivity contribution in [2.45, 2.75) is 13.8 Å². The number of carbonyl (C=O) groups excluding carboxylic acids is 1. The Hall–Kier alpha value is -1.04. The fourth-order valence-corrected chi connectivity index (χ4v) is 1.65. The van der Waals surface area contributed by atoms with Gasteiger partial charge in [0.25, 0.3) is 0 Å². The van der Waals surface area contributed by atoms with Crippen LogP contribution in [0, 0.1) is 3.57 Å². The lowest BCUT2D eigenvalue weighted by molar-refractivity contribution is 0.0526. The molecule has 0 aliphatic carbocycles. The quantitative estimate of drug-likeness (QED) is 0.466. The predicted molar refractivity (Wildman–Crippen MR) is 75.4 cm³/mol. The second-order valence-corrected chi connectivity index (χ2v) is 4.77. The first-order chi connectivity index (χ1) is 8.04. The van der Waals surface area contributed by atoms with Crippen molar-refractivity contribution >= 4 is 28.6 Å². The predicted octanol–water partition coefficient (Wildman–Crippen LogP) is 3.42. The summed E-state index contributed by atoms with van der Waals surface area (Å²) in [5, 5.41) is 0. The van der Waals surface area contributed by atoms with E-state index >= 15 is 0 Å². The van der Waals surface area contributed by atoms with E-state index in [1.165, 1.54) is 0 Å². The van der Waals surface area contributed by atoms with Crippen LogP contribution in [0.1, 0.15) is 24.2 Å². The van der Waals surface area contributed by atoms with Crippen molar-refractivity contribution in [3.63, 3.8) is 0 Å².